The van der Waals surface area contributed by atoms with E-state index >= 15 is 0 Å². The second kappa shape index (κ2) is 5.89. The van der Waals surface area contributed by atoms with E-state index in [9.17, 15) is 13.2 Å². The zero-order valence-corrected chi connectivity index (χ0v) is 13.3. The van der Waals surface area contributed by atoms with Gasteiger partial charge in [0.05, 0.1) is 18.4 Å². The monoisotopic (exact) mass is 329 g/mol. The second-order valence-corrected chi connectivity index (χ2v) is 7.03. The van der Waals surface area contributed by atoms with Crippen molar-refractivity contribution in [2.45, 2.75) is 10.8 Å². The smallest absolute Gasteiger partial charge is 0.419 e. The van der Waals surface area contributed by atoms with Crippen molar-refractivity contribution in [1.29, 1.82) is 0 Å². The molecule has 6 heteroatoms. The number of fused-ring (bicyclic) bond motifs is 1. The van der Waals surface area contributed by atoms with E-state index in [1.807, 2.05) is 6.07 Å². The summed E-state index contributed by atoms with van der Waals surface area (Å²) in [5.41, 5.74) is 1.17. The Labute approximate surface area is 134 Å². The van der Waals surface area contributed by atoms with Crippen molar-refractivity contribution in [1.82, 2.24) is 4.57 Å². The first-order chi connectivity index (χ1) is 11.0. The molecule has 0 saturated heterocycles. The van der Waals surface area contributed by atoms with Crippen molar-refractivity contribution < 1.29 is 17.9 Å². The summed E-state index contributed by atoms with van der Waals surface area (Å²) in [7, 11) is -2.47. The SMILES string of the molecule is COC(=O)n1c(S(=O)(=O)Cc2ccccc2)cc2ccccc21. The molecule has 0 N–H and O–H groups in total. The molecular weight excluding hydrogens is 314 g/mol. The van der Waals surface area contributed by atoms with E-state index in [2.05, 4.69) is 0 Å². The third kappa shape index (κ3) is 2.85. The lowest BCUT2D eigenvalue weighted by Crippen LogP contribution is -2.18. The molecule has 3 aromatic rings. The number of benzene rings is 2. The van der Waals surface area contributed by atoms with Gasteiger partial charge in [0.1, 0.15) is 5.03 Å². The van der Waals surface area contributed by atoms with Crippen LogP contribution >= 0.6 is 0 Å². The lowest BCUT2D eigenvalue weighted by Gasteiger charge is -2.09. The number of methoxy groups -OCH3 is 1. The highest BCUT2D eigenvalue weighted by molar-refractivity contribution is 7.90. The van der Waals surface area contributed by atoms with Gasteiger partial charge in [0.15, 0.2) is 9.84 Å². The van der Waals surface area contributed by atoms with Gasteiger partial charge in [-0.2, -0.15) is 0 Å². The quantitative estimate of drug-likeness (QED) is 0.740. The summed E-state index contributed by atoms with van der Waals surface area (Å²) in [5.74, 6) is -0.179. The van der Waals surface area contributed by atoms with E-state index in [-0.39, 0.29) is 10.8 Å². The zero-order chi connectivity index (χ0) is 16.4. The van der Waals surface area contributed by atoms with Crippen LogP contribution in [0.5, 0.6) is 0 Å². The van der Waals surface area contributed by atoms with Gasteiger partial charge >= 0.3 is 6.09 Å². The molecular formula is C17H15NO4S. The average molecular weight is 329 g/mol. The molecule has 0 bridgehead atoms. The van der Waals surface area contributed by atoms with Crippen LogP contribution in [0.25, 0.3) is 10.9 Å². The Balaban J connectivity index is 2.17. The van der Waals surface area contributed by atoms with E-state index in [0.29, 0.717) is 16.5 Å². The van der Waals surface area contributed by atoms with Crippen LogP contribution in [-0.4, -0.2) is 26.2 Å². The topological polar surface area (TPSA) is 65.4 Å². The number of carbonyl (C=O) groups excluding carboxylic acids is 1. The van der Waals surface area contributed by atoms with E-state index in [0.717, 1.165) is 4.57 Å². The van der Waals surface area contributed by atoms with Gasteiger partial charge < -0.3 is 4.74 Å². The third-order valence-corrected chi connectivity index (χ3v) is 5.20. The summed E-state index contributed by atoms with van der Waals surface area (Å²) < 4.78 is 31.4. The molecule has 5 nitrogen and oxygen atoms in total. The van der Waals surface area contributed by atoms with Gasteiger partial charge in [-0.25, -0.2) is 17.8 Å². The van der Waals surface area contributed by atoms with Crippen LogP contribution < -0.4 is 0 Å². The molecule has 1 heterocycles. The first-order valence-corrected chi connectivity index (χ1v) is 8.63. The maximum absolute atomic E-state index is 12.8. The van der Waals surface area contributed by atoms with Gasteiger partial charge in [0.2, 0.25) is 0 Å². The van der Waals surface area contributed by atoms with E-state index < -0.39 is 15.9 Å². The first kappa shape index (κ1) is 15.3. The molecule has 0 radical (unpaired) electrons. The summed E-state index contributed by atoms with van der Waals surface area (Å²) in [4.78, 5) is 12.1. The molecule has 0 aliphatic heterocycles. The Kier molecular flexibility index (Phi) is 3.92. The van der Waals surface area contributed by atoms with E-state index in [1.165, 1.54) is 13.2 Å². The predicted molar refractivity (Wildman–Crippen MR) is 87.1 cm³/mol. The average Bonchev–Trinajstić information content (AvgIpc) is 2.95. The van der Waals surface area contributed by atoms with Gasteiger partial charge in [-0.15, -0.1) is 0 Å². The number of hydrogen-bond acceptors (Lipinski definition) is 4. The van der Waals surface area contributed by atoms with Crippen molar-refractivity contribution >= 4 is 26.8 Å². The maximum atomic E-state index is 12.8. The molecule has 0 aliphatic rings. The van der Waals surface area contributed by atoms with Gasteiger partial charge in [-0.1, -0.05) is 48.5 Å². The molecule has 0 aliphatic carbocycles. The van der Waals surface area contributed by atoms with Gasteiger partial charge in [0.25, 0.3) is 0 Å². The Morgan fingerprint density at radius 2 is 1.70 bits per heavy atom. The van der Waals surface area contributed by atoms with Crippen LogP contribution in [-0.2, 0) is 20.3 Å². The summed E-state index contributed by atoms with van der Waals surface area (Å²) >= 11 is 0. The molecule has 1 aromatic heterocycles. The summed E-state index contributed by atoms with van der Waals surface area (Å²) in [5, 5.41) is 0.610. The number of sulfone groups is 1. The summed E-state index contributed by atoms with van der Waals surface area (Å²) in [6, 6.07) is 17.3. The number of carbonyl (C=O) groups is 1. The highest BCUT2D eigenvalue weighted by Crippen LogP contribution is 2.26. The zero-order valence-electron chi connectivity index (χ0n) is 12.5. The van der Waals surface area contributed by atoms with Crippen LogP contribution in [0.3, 0.4) is 0 Å². The Morgan fingerprint density at radius 1 is 1.04 bits per heavy atom. The molecule has 0 atom stereocenters. The standard InChI is InChI=1S/C17H15NO4S/c1-22-17(19)18-15-10-6-5-9-14(15)11-16(18)23(20,21)12-13-7-3-2-4-8-13/h2-11H,12H2,1H3. The molecule has 0 spiro atoms. The molecule has 0 amide bonds. The van der Waals surface area contributed by atoms with E-state index in [1.54, 1.807) is 48.5 Å². The third-order valence-electron chi connectivity index (χ3n) is 3.55. The highest BCUT2D eigenvalue weighted by atomic mass is 32.2. The van der Waals surface area contributed by atoms with E-state index in [4.69, 9.17) is 4.74 Å². The van der Waals surface area contributed by atoms with Crippen molar-refractivity contribution in [3.63, 3.8) is 0 Å². The van der Waals surface area contributed by atoms with Gasteiger partial charge in [0, 0.05) is 5.39 Å². The molecule has 2 aromatic carbocycles. The van der Waals surface area contributed by atoms with Gasteiger partial charge in [-0.05, 0) is 17.7 Å². The summed E-state index contributed by atoms with van der Waals surface area (Å²) in [6.45, 7) is 0. The Hall–Kier alpha value is -2.60. The first-order valence-electron chi connectivity index (χ1n) is 6.98. The van der Waals surface area contributed by atoms with Gasteiger partial charge in [-0.3, -0.25) is 0 Å². The summed E-state index contributed by atoms with van der Waals surface area (Å²) in [6.07, 6.45) is -0.724. The molecule has 23 heavy (non-hydrogen) atoms. The van der Waals surface area contributed by atoms with Crippen LogP contribution in [0, 0.1) is 0 Å². The molecule has 0 saturated carbocycles. The van der Waals surface area contributed by atoms with Crippen LogP contribution in [0.4, 0.5) is 4.79 Å². The van der Waals surface area contributed by atoms with Crippen LogP contribution in [0.15, 0.2) is 65.7 Å². The lowest BCUT2D eigenvalue weighted by molar-refractivity contribution is 0.171. The van der Waals surface area contributed by atoms with Crippen molar-refractivity contribution in [3.8, 4) is 0 Å². The number of ether oxygens (including phenoxy) is 1. The van der Waals surface area contributed by atoms with Crippen LogP contribution in [0.1, 0.15) is 5.56 Å². The molecule has 118 valence electrons. The van der Waals surface area contributed by atoms with Crippen molar-refractivity contribution in [3.05, 3.63) is 66.2 Å². The highest BCUT2D eigenvalue weighted by Gasteiger charge is 2.25. The largest absolute Gasteiger partial charge is 0.452 e. The normalized spacial score (nSPS) is 11.5. The number of aromatic nitrogens is 1. The predicted octanol–water partition coefficient (Wildman–Crippen LogP) is 3.23. The maximum Gasteiger partial charge on any atom is 0.419 e. The number of nitrogens with zero attached hydrogens (tertiary/aromatic N) is 1. The fourth-order valence-electron chi connectivity index (χ4n) is 2.51. The number of rotatable bonds is 3. The Morgan fingerprint density at radius 3 is 2.39 bits per heavy atom. The van der Waals surface area contributed by atoms with Crippen molar-refractivity contribution in [2.24, 2.45) is 0 Å². The number of hydrogen-bond donors (Lipinski definition) is 0. The fourth-order valence-corrected chi connectivity index (χ4v) is 4.04. The molecule has 0 unspecified atom stereocenters. The lowest BCUT2D eigenvalue weighted by atomic mass is 10.2. The Bertz CT molecular complexity index is 959. The molecule has 0 fully saturated rings. The molecule has 3 rings (SSSR count). The minimum Gasteiger partial charge on any atom is -0.452 e. The fraction of sp³-hybridized carbons (Fsp3) is 0.118. The minimum atomic E-state index is -3.70. The number of para-hydroxylation sites is 1. The van der Waals surface area contributed by atoms with Crippen molar-refractivity contribution in [2.75, 3.05) is 7.11 Å². The minimum absolute atomic E-state index is 0.0607. The second-order valence-electron chi connectivity index (χ2n) is 5.09. The van der Waals surface area contributed by atoms with Crippen LogP contribution in [0.2, 0.25) is 0 Å².